The van der Waals surface area contributed by atoms with Gasteiger partial charge in [-0.1, -0.05) is 11.6 Å². The Morgan fingerprint density at radius 1 is 1.56 bits per heavy atom. The third-order valence-electron chi connectivity index (χ3n) is 2.45. The molecule has 2 rings (SSSR count). The van der Waals surface area contributed by atoms with E-state index in [1.165, 1.54) is 12.4 Å². The van der Waals surface area contributed by atoms with Crippen LogP contribution in [-0.4, -0.2) is 21.1 Å². The molecule has 0 fully saturated rings. The van der Waals surface area contributed by atoms with E-state index in [0.29, 0.717) is 22.1 Å². The molecule has 1 heterocycles. The highest BCUT2D eigenvalue weighted by Crippen LogP contribution is 2.18. The molecule has 0 radical (unpaired) electrons. The summed E-state index contributed by atoms with van der Waals surface area (Å²) in [5, 5.41) is 9.62. The molecule has 0 aliphatic rings. The van der Waals surface area contributed by atoms with Crippen molar-refractivity contribution in [2.45, 2.75) is 13.0 Å². The minimum atomic E-state index is -0.307. The first-order valence-electron chi connectivity index (χ1n) is 5.29. The van der Waals surface area contributed by atoms with E-state index in [-0.39, 0.29) is 11.9 Å². The van der Waals surface area contributed by atoms with Gasteiger partial charge >= 0.3 is 0 Å². The maximum atomic E-state index is 12.0. The number of hydrogen-bond donors (Lipinski definition) is 3. The van der Waals surface area contributed by atoms with Crippen molar-refractivity contribution in [3.63, 3.8) is 0 Å². The lowest BCUT2D eigenvalue weighted by atomic mass is 10.1. The van der Waals surface area contributed by atoms with Crippen LogP contribution >= 0.6 is 11.6 Å². The second kappa shape index (κ2) is 5.05. The van der Waals surface area contributed by atoms with Crippen LogP contribution in [0.3, 0.4) is 0 Å². The van der Waals surface area contributed by atoms with Gasteiger partial charge in [-0.05, 0) is 25.1 Å². The minimum Gasteiger partial charge on any atom is -0.398 e. The largest absolute Gasteiger partial charge is 0.398 e. The fraction of sp³-hybridized carbons (Fsp3) is 0.182. The van der Waals surface area contributed by atoms with Crippen LogP contribution in [0.4, 0.5) is 5.69 Å². The zero-order chi connectivity index (χ0) is 13.1. The lowest BCUT2D eigenvalue weighted by Gasteiger charge is -2.12. The number of amides is 1. The molecule has 0 bridgehead atoms. The number of carbonyl (C=O) groups excluding carboxylic acids is 1. The number of rotatable bonds is 3. The molecule has 18 heavy (non-hydrogen) atoms. The van der Waals surface area contributed by atoms with Gasteiger partial charge in [-0.2, -0.15) is 5.10 Å². The molecule has 1 atom stereocenters. The van der Waals surface area contributed by atoms with Crippen LogP contribution in [0.15, 0.2) is 24.5 Å². The molecule has 6 nitrogen and oxygen atoms in total. The van der Waals surface area contributed by atoms with Crippen LogP contribution in [0.25, 0.3) is 0 Å². The Hall–Kier alpha value is -2.08. The normalized spacial score (nSPS) is 12.1. The Kier molecular flexibility index (Phi) is 3.47. The van der Waals surface area contributed by atoms with Crippen molar-refractivity contribution in [2.24, 2.45) is 0 Å². The van der Waals surface area contributed by atoms with Crippen LogP contribution < -0.4 is 11.1 Å². The number of nitrogen functional groups attached to an aromatic ring is 1. The zero-order valence-electron chi connectivity index (χ0n) is 9.64. The van der Waals surface area contributed by atoms with Crippen molar-refractivity contribution >= 4 is 23.2 Å². The summed E-state index contributed by atoms with van der Waals surface area (Å²) < 4.78 is 0. The van der Waals surface area contributed by atoms with Gasteiger partial charge in [-0.3, -0.25) is 9.89 Å². The summed E-state index contributed by atoms with van der Waals surface area (Å²) in [5.74, 6) is 0.267. The molecule has 1 unspecified atom stereocenters. The number of aromatic nitrogens is 3. The quantitative estimate of drug-likeness (QED) is 0.733. The van der Waals surface area contributed by atoms with E-state index in [9.17, 15) is 4.79 Å². The second-order valence-corrected chi connectivity index (χ2v) is 4.23. The lowest BCUT2D eigenvalue weighted by molar-refractivity contribution is 0.0939. The van der Waals surface area contributed by atoms with E-state index in [1.54, 1.807) is 19.1 Å². The first-order valence-corrected chi connectivity index (χ1v) is 5.67. The predicted molar refractivity (Wildman–Crippen MR) is 68.1 cm³/mol. The summed E-state index contributed by atoms with van der Waals surface area (Å²) in [6, 6.07) is 4.46. The maximum Gasteiger partial charge on any atom is 0.254 e. The second-order valence-electron chi connectivity index (χ2n) is 3.80. The van der Waals surface area contributed by atoms with Crippen molar-refractivity contribution in [3.8, 4) is 0 Å². The van der Waals surface area contributed by atoms with Crippen molar-refractivity contribution < 1.29 is 4.79 Å². The number of nitrogens with one attached hydrogen (secondary N) is 2. The number of anilines is 1. The molecule has 7 heteroatoms. The number of halogens is 1. The highest BCUT2D eigenvalue weighted by atomic mass is 35.5. The number of aromatic amines is 1. The number of nitrogens with zero attached hydrogens (tertiary/aromatic N) is 2. The van der Waals surface area contributed by atoms with Crippen molar-refractivity contribution in [2.75, 3.05) is 5.73 Å². The van der Waals surface area contributed by atoms with Crippen LogP contribution in [-0.2, 0) is 0 Å². The third-order valence-corrected chi connectivity index (χ3v) is 2.69. The van der Waals surface area contributed by atoms with Gasteiger partial charge < -0.3 is 11.1 Å². The lowest BCUT2D eigenvalue weighted by Crippen LogP contribution is -2.28. The Labute approximate surface area is 109 Å². The van der Waals surface area contributed by atoms with E-state index in [2.05, 4.69) is 20.5 Å². The van der Waals surface area contributed by atoms with E-state index >= 15 is 0 Å². The van der Waals surface area contributed by atoms with Gasteiger partial charge in [0.2, 0.25) is 0 Å². The van der Waals surface area contributed by atoms with Crippen molar-refractivity contribution in [3.05, 3.63) is 40.9 Å². The van der Waals surface area contributed by atoms with Gasteiger partial charge in [-0.15, -0.1) is 0 Å². The first-order chi connectivity index (χ1) is 8.58. The molecule has 1 amide bonds. The summed E-state index contributed by atoms with van der Waals surface area (Å²) in [7, 11) is 0. The van der Waals surface area contributed by atoms with E-state index in [4.69, 9.17) is 17.3 Å². The van der Waals surface area contributed by atoms with E-state index < -0.39 is 0 Å². The van der Waals surface area contributed by atoms with Crippen LogP contribution in [0.1, 0.15) is 29.1 Å². The topological polar surface area (TPSA) is 96.7 Å². The summed E-state index contributed by atoms with van der Waals surface area (Å²) >= 11 is 5.83. The van der Waals surface area contributed by atoms with Gasteiger partial charge in [0.25, 0.3) is 5.91 Å². The maximum absolute atomic E-state index is 12.0. The molecule has 4 N–H and O–H groups in total. The Morgan fingerprint density at radius 2 is 2.33 bits per heavy atom. The monoisotopic (exact) mass is 265 g/mol. The van der Waals surface area contributed by atoms with Crippen molar-refractivity contribution in [1.29, 1.82) is 0 Å². The molecule has 0 aliphatic heterocycles. The summed E-state index contributed by atoms with van der Waals surface area (Å²) in [6.07, 6.45) is 1.38. The zero-order valence-corrected chi connectivity index (χ0v) is 10.4. The number of H-pyrrole nitrogens is 1. The highest BCUT2D eigenvalue weighted by molar-refractivity contribution is 6.31. The van der Waals surface area contributed by atoms with Gasteiger partial charge in [0.1, 0.15) is 12.2 Å². The average Bonchev–Trinajstić information content (AvgIpc) is 2.85. The molecule has 94 valence electrons. The Bertz CT molecular complexity index is 555. The third kappa shape index (κ3) is 2.60. The van der Waals surface area contributed by atoms with E-state index in [1.807, 2.05) is 0 Å². The van der Waals surface area contributed by atoms with Crippen molar-refractivity contribution in [1.82, 2.24) is 20.5 Å². The van der Waals surface area contributed by atoms with Gasteiger partial charge in [0.15, 0.2) is 0 Å². The van der Waals surface area contributed by atoms with Gasteiger partial charge in [0.05, 0.1) is 11.6 Å². The Balaban J connectivity index is 2.15. The molecule has 0 aliphatic carbocycles. The van der Waals surface area contributed by atoms with Crippen LogP contribution in [0.5, 0.6) is 0 Å². The number of hydrogen-bond acceptors (Lipinski definition) is 4. The van der Waals surface area contributed by atoms with Crippen LogP contribution in [0, 0.1) is 0 Å². The van der Waals surface area contributed by atoms with Gasteiger partial charge in [0, 0.05) is 10.7 Å². The summed E-state index contributed by atoms with van der Waals surface area (Å²) in [4.78, 5) is 16.0. The van der Waals surface area contributed by atoms with E-state index in [0.717, 1.165) is 0 Å². The van der Waals surface area contributed by atoms with Gasteiger partial charge in [-0.25, -0.2) is 4.98 Å². The average molecular weight is 266 g/mol. The fourth-order valence-corrected chi connectivity index (χ4v) is 1.66. The number of nitrogens with two attached hydrogens (primary N) is 1. The number of benzene rings is 1. The molecule has 1 aromatic carbocycles. The summed E-state index contributed by atoms with van der Waals surface area (Å²) in [5.41, 5.74) is 6.45. The highest BCUT2D eigenvalue weighted by Gasteiger charge is 2.15. The smallest absolute Gasteiger partial charge is 0.254 e. The summed E-state index contributed by atoms with van der Waals surface area (Å²) in [6.45, 7) is 1.79. The molecule has 1 aromatic heterocycles. The molecule has 0 spiro atoms. The number of carbonyl (C=O) groups is 1. The fourth-order valence-electron chi connectivity index (χ4n) is 1.49. The minimum absolute atomic E-state index is 0.293. The molecular formula is C11H12ClN5O. The SMILES string of the molecule is CC(NC(=O)c1cc(Cl)ccc1N)c1ncn[nH]1. The molecular weight excluding hydrogens is 254 g/mol. The first kappa shape index (κ1) is 12.4. The molecule has 0 saturated carbocycles. The molecule has 2 aromatic rings. The standard InChI is InChI=1S/C11H12ClN5O/c1-6(10-14-5-15-17-10)16-11(18)8-4-7(12)2-3-9(8)13/h2-6H,13H2,1H3,(H,16,18)(H,14,15,17). The predicted octanol–water partition coefficient (Wildman–Crippen LogP) is 1.53. The van der Waals surface area contributed by atoms with Crippen LogP contribution in [0.2, 0.25) is 5.02 Å². The Morgan fingerprint density at radius 3 is 3.00 bits per heavy atom. The molecule has 0 saturated heterocycles.